The molecule has 3 unspecified atom stereocenters. The lowest BCUT2D eigenvalue weighted by Gasteiger charge is -2.28. The number of halogens is 6. The molecule has 0 aliphatic heterocycles. The van der Waals surface area contributed by atoms with Crippen LogP contribution in [0, 0.1) is 0 Å². The first-order valence-electron chi connectivity index (χ1n) is 12.1. The maximum Gasteiger partial charge on any atom is 0.476 e. The zero-order valence-corrected chi connectivity index (χ0v) is 28.3. The molecule has 6 rings (SSSR count). The molecule has 0 bridgehead atoms. The maximum atomic E-state index is 14.7. The molecule has 0 radical (unpaired) electrons. The fourth-order valence-electron chi connectivity index (χ4n) is 5.33. The summed E-state index contributed by atoms with van der Waals surface area (Å²) in [7, 11) is -4.70. The van der Waals surface area contributed by atoms with Gasteiger partial charge in [0.25, 0.3) is 0 Å². The monoisotopic (exact) mass is 824 g/mol. The zero-order chi connectivity index (χ0) is 29.4. The van der Waals surface area contributed by atoms with Crippen LogP contribution in [0.25, 0.3) is 0 Å². The van der Waals surface area contributed by atoms with E-state index in [9.17, 15) is 18.9 Å². The number of phosphoric acid groups is 1. The molecule has 41 heavy (non-hydrogen) atoms. The normalized spacial score (nSPS) is 22.6. The second-order valence-electron chi connectivity index (χ2n) is 9.58. The van der Waals surface area contributed by atoms with E-state index < -0.39 is 26.1 Å². The van der Waals surface area contributed by atoms with Gasteiger partial charge in [0.05, 0.1) is 15.1 Å². The van der Waals surface area contributed by atoms with Crippen LogP contribution in [0.2, 0.25) is 15.1 Å². The molecule has 0 N–H and O–H groups in total. The fraction of sp³-hybridized carbons (Fsp3) is 0.222. The van der Waals surface area contributed by atoms with Crippen molar-refractivity contribution in [2.24, 2.45) is 0 Å². The molecular formula is C27H15Br3Cl3O7P. The smallest absolute Gasteiger partial charge is 0.294 e. The predicted molar refractivity (Wildman–Crippen MR) is 163 cm³/mol. The molecule has 3 aliphatic rings. The van der Waals surface area contributed by atoms with Crippen LogP contribution in [0.15, 0.2) is 49.8 Å². The first-order valence-corrected chi connectivity index (χ1v) is 17.0. The Hall–Kier alpha value is -0.910. The summed E-state index contributed by atoms with van der Waals surface area (Å²) in [5.41, 5.74) is 1.92. The topological polar surface area (TPSA) is 96.0 Å². The third-order valence-electron chi connectivity index (χ3n) is 7.15. The Morgan fingerprint density at radius 2 is 0.829 bits per heavy atom. The molecule has 3 aromatic rings. The van der Waals surface area contributed by atoms with Crippen molar-refractivity contribution in [1.82, 2.24) is 0 Å². The van der Waals surface area contributed by atoms with E-state index in [0.29, 0.717) is 46.8 Å². The summed E-state index contributed by atoms with van der Waals surface area (Å²) in [4.78, 5) is 38.5. The van der Waals surface area contributed by atoms with Crippen LogP contribution >= 0.6 is 90.4 Å². The zero-order valence-electron chi connectivity index (χ0n) is 20.4. The van der Waals surface area contributed by atoms with Gasteiger partial charge in [0.2, 0.25) is 0 Å². The standard InChI is InChI=1S/C27H15Br3Cl3O7P/c28-13-4-1-10-16(34)7-19(22(10)25(13)31)38-41(37,39-20-8-17(35)11-2-5-14(29)26(32)23(11)20)40-21-9-18(36)12-3-6-15(30)27(33)24(12)21/h1-6,19-21H,7-9H2. The number of benzene rings is 3. The van der Waals surface area contributed by atoms with E-state index in [-0.39, 0.29) is 51.7 Å². The van der Waals surface area contributed by atoms with Gasteiger partial charge in [-0.2, -0.15) is 0 Å². The number of rotatable bonds is 6. The first kappa shape index (κ1) is 30.1. The van der Waals surface area contributed by atoms with Gasteiger partial charge in [-0.3, -0.25) is 28.0 Å². The minimum atomic E-state index is -4.70. The molecule has 0 aromatic heterocycles. The average molecular weight is 828 g/mol. The number of hydrogen-bond donors (Lipinski definition) is 0. The van der Waals surface area contributed by atoms with Crippen molar-refractivity contribution in [2.75, 3.05) is 0 Å². The Balaban J connectivity index is 1.42. The molecule has 0 saturated heterocycles. The number of carbonyl (C=O) groups excluding carboxylic acids is 3. The summed E-state index contributed by atoms with van der Waals surface area (Å²) in [6.45, 7) is 0. The van der Waals surface area contributed by atoms with E-state index in [1.165, 1.54) is 0 Å². The van der Waals surface area contributed by atoms with Crippen LogP contribution in [0.1, 0.15) is 85.3 Å². The van der Waals surface area contributed by atoms with E-state index in [1.54, 1.807) is 36.4 Å². The van der Waals surface area contributed by atoms with Crippen molar-refractivity contribution in [3.8, 4) is 0 Å². The highest BCUT2D eigenvalue weighted by atomic mass is 79.9. The van der Waals surface area contributed by atoms with Gasteiger partial charge >= 0.3 is 7.82 Å². The van der Waals surface area contributed by atoms with Crippen molar-refractivity contribution in [3.63, 3.8) is 0 Å². The number of fused-ring (bicyclic) bond motifs is 3. The van der Waals surface area contributed by atoms with E-state index in [1.807, 2.05) is 0 Å². The van der Waals surface area contributed by atoms with Gasteiger partial charge in [0.15, 0.2) is 17.3 Å². The van der Waals surface area contributed by atoms with Gasteiger partial charge < -0.3 is 0 Å². The molecule has 0 amide bonds. The van der Waals surface area contributed by atoms with Crippen molar-refractivity contribution in [1.29, 1.82) is 0 Å². The van der Waals surface area contributed by atoms with E-state index in [2.05, 4.69) is 47.8 Å². The first-order chi connectivity index (χ1) is 19.4. The van der Waals surface area contributed by atoms with Crippen LogP contribution in [0.4, 0.5) is 0 Å². The Bertz CT molecular complexity index is 1550. The lowest BCUT2D eigenvalue weighted by atomic mass is 10.1. The number of phosphoric ester groups is 1. The van der Waals surface area contributed by atoms with Gasteiger partial charge in [-0.25, -0.2) is 4.57 Å². The molecule has 212 valence electrons. The van der Waals surface area contributed by atoms with Crippen LogP contribution in [-0.4, -0.2) is 17.3 Å². The Morgan fingerprint density at radius 1 is 0.561 bits per heavy atom. The van der Waals surface area contributed by atoms with Crippen LogP contribution < -0.4 is 0 Å². The summed E-state index contributed by atoms with van der Waals surface area (Å²) >= 11 is 29.7. The van der Waals surface area contributed by atoms with Gasteiger partial charge in [0, 0.05) is 66.1 Å². The Kier molecular flexibility index (Phi) is 8.25. The fourth-order valence-corrected chi connectivity index (χ4v) is 8.85. The molecule has 3 atom stereocenters. The third-order valence-corrected chi connectivity index (χ3v) is 12.6. The van der Waals surface area contributed by atoms with Crippen LogP contribution in [0.3, 0.4) is 0 Å². The van der Waals surface area contributed by atoms with Crippen molar-refractivity contribution < 1.29 is 32.5 Å². The molecule has 0 saturated carbocycles. The molecule has 0 heterocycles. The highest BCUT2D eigenvalue weighted by Gasteiger charge is 2.47. The molecule has 7 nitrogen and oxygen atoms in total. The minimum Gasteiger partial charge on any atom is -0.294 e. The van der Waals surface area contributed by atoms with Gasteiger partial charge in [-0.1, -0.05) is 34.8 Å². The summed E-state index contributed by atoms with van der Waals surface area (Å²) in [5, 5.41) is 0.643. The number of Topliss-reactive ketones (excluding diaryl/α,β-unsaturated/α-hetero) is 3. The van der Waals surface area contributed by atoms with Gasteiger partial charge in [0.1, 0.15) is 18.3 Å². The summed E-state index contributed by atoms with van der Waals surface area (Å²) < 4.78 is 34.3. The maximum absolute atomic E-state index is 14.7. The summed E-state index contributed by atoms with van der Waals surface area (Å²) in [6.07, 6.45) is -3.84. The lowest BCUT2D eigenvalue weighted by Crippen LogP contribution is -2.11. The van der Waals surface area contributed by atoms with Crippen molar-refractivity contribution in [3.05, 3.63) is 98.3 Å². The van der Waals surface area contributed by atoms with E-state index in [0.717, 1.165) is 0 Å². The molecule has 3 aromatic carbocycles. The SMILES string of the molecule is O=C1CC(OP(=O)(OC2CC(=O)c3ccc(Br)c(Cl)c32)OC2CC(=O)c3ccc(Br)c(Cl)c32)c2c1ccc(Br)c2Cl. The minimum absolute atomic E-state index is 0.179. The largest absolute Gasteiger partial charge is 0.476 e. The van der Waals surface area contributed by atoms with Crippen LogP contribution in [0.5, 0.6) is 0 Å². The highest BCUT2D eigenvalue weighted by Crippen LogP contribution is 2.64. The number of ketones is 3. The Morgan fingerprint density at radius 3 is 1.10 bits per heavy atom. The Labute approximate surface area is 274 Å². The van der Waals surface area contributed by atoms with Crippen LogP contribution in [-0.2, 0) is 18.1 Å². The van der Waals surface area contributed by atoms with Gasteiger partial charge in [-0.15, -0.1) is 0 Å². The quantitative estimate of drug-likeness (QED) is 0.228. The third kappa shape index (κ3) is 5.26. The molecular weight excluding hydrogens is 813 g/mol. The number of hydrogen-bond acceptors (Lipinski definition) is 7. The average Bonchev–Trinajstić information content (AvgIpc) is 3.51. The lowest BCUT2D eigenvalue weighted by molar-refractivity contribution is 0.0308. The number of carbonyl (C=O) groups is 3. The van der Waals surface area contributed by atoms with E-state index in [4.69, 9.17) is 48.4 Å². The molecule has 0 fully saturated rings. The molecule has 0 spiro atoms. The predicted octanol–water partition coefficient (Wildman–Crippen LogP) is 10.4. The van der Waals surface area contributed by atoms with Gasteiger partial charge in [-0.05, 0) is 84.2 Å². The summed E-state index contributed by atoms with van der Waals surface area (Å²) in [6, 6.07) is 9.68. The summed E-state index contributed by atoms with van der Waals surface area (Å²) in [5.74, 6) is -0.812. The second kappa shape index (κ2) is 11.2. The van der Waals surface area contributed by atoms with Crippen molar-refractivity contribution in [2.45, 2.75) is 37.6 Å². The second-order valence-corrected chi connectivity index (χ2v) is 14.8. The molecule has 3 aliphatic carbocycles. The molecule has 14 heteroatoms. The van der Waals surface area contributed by atoms with Crippen molar-refractivity contribution >= 4 is 108 Å². The highest BCUT2D eigenvalue weighted by molar-refractivity contribution is 9.11. The van der Waals surface area contributed by atoms with E-state index >= 15 is 0 Å².